The van der Waals surface area contributed by atoms with Crippen LogP contribution >= 0.6 is 11.8 Å². The number of benzene rings is 1. The number of aliphatic hydroxyl groups excluding tert-OH is 1. The third kappa shape index (κ3) is 2.70. The van der Waals surface area contributed by atoms with Crippen LogP contribution in [0.15, 0.2) is 30.3 Å². The van der Waals surface area contributed by atoms with Crippen molar-refractivity contribution in [3.8, 4) is 0 Å². The molecule has 1 aliphatic rings. The Bertz CT molecular complexity index is 410. The normalized spacial score (nSPS) is 25.8. The molecule has 3 unspecified atom stereocenters. The number of carbonyl (C=O) groups is 1. The zero-order valence-electron chi connectivity index (χ0n) is 10.7. The molecule has 0 spiro atoms. The molecule has 4 heteroatoms. The molecule has 0 aromatic heterocycles. The lowest BCUT2D eigenvalue weighted by Crippen LogP contribution is -2.49. The first kappa shape index (κ1) is 13.4. The summed E-state index contributed by atoms with van der Waals surface area (Å²) < 4.78 is 0. The van der Waals surface area contributed by atoms with E-state index in [2.05, 4.69) is 6.92 Å². The van der Waals surface area contributed by atoms with E-state index in [9.17, 15) is 9.90 Å². The van der Waals surface area contributed by atoms with Crippen molar-refractivity contribution >= 4 is 17.7 Å². The third-order valence-electron chi connectivity index (χ3n) is 3.52. The van der Waals surface area contributed by atoms with E-state index in [1.165, 1.54) is 0 Å². The highest BCUT2D eigenvalue weighted by molar-refractivity contribution is 8.00. The first-order valence-electron chi connectivity index (χ1n) is 6.26. The largest absolute Gasteiger partial charge is 0.378 e. The van der Waals surface area contributed by atoms with Gasteiger partial charge in [0, 0.05) is 23.6 Å². The third-order valence-corrected chi connectivity index (χ3v) is 4.85. The van der Waals surface area contributed by atoms with E-state index in [-0.39, 0.29) is 11.9 Å². The zero-order chi connectivity index (χ0) is 13.1. The molecule has 1 saturated heterocycles. The van der Waals surface area contributed by atoms with Gasteiger partial charge < -0.3 is 10.0 Å². The Hall–Kier alpha value is -1.00. The van der Waals surface area contributed by atoms with Gasteiger partial charge in [-0.2, -0.15) is 11.8 Å². The lowest BCUT2D eigenvalue weighted by molar-refractivity contribution is -0.142. The van der Waals surface area contributed by atoms with Gasteiger partial charge in [-0.25, -0.2) is 0 Å². The quantitative estimate of drug-likeness (QED) is 0.890. The van der Waals surface area contributed by atoms with Crippen LogP contribution in [0, 0.1) is 0 Å². The topological polar surface area (TPSA) is 40.5 Å². The smallest absolute Gasteiger partial charge is 0.256 e. The van der Waals surface area contributed by atoms with Gasteiger partial charge in [0.2, 0.25) is 0 Å². The Morgan fingerprint density at radius 1 is 1.39 bits per heavy atom. The first-order valence-corrected chi connectivity index (χ1v) is 7.31. The summed E-state index contributed by atoms with van der Waals surface area (Å²) in [6.45, 7) is 4.90. The fraction of sp³-hybridized carbons (Fsp3) is 0.500. The fourth-order valence-electron chi connectivity index (χ4n) is 2.18. The SMILES string of the molecule is CC1SCCN(C(=O)C(O)c2ccccc2)C1C. The van der Waals surface area contributed by atoms with E-state index in [0.29, 0.717) is 10.8 Å². The second-order valence-electron chi connectivity index (χ2n) is 4.66. The summed E-state index contributed by atoms with van der Waals surface area (Å²) in [6, 6.07) is 9.30. The van der Waals surface area contributed by atoms with Gasteiger partial charge in [-0.3, -0.25) is 4.79 Å². The first-order chi connectivity index (χ1) is 8.61. The predicted molar refractivity (Wildman–Crippen MR) is 74.5 cm³/mol. The monoisotopic (exact) mass is 265 g/mol. The van der Waals surface area contributed by atoms with E-state index < -0.39 is 6.10 Å². The summed E-state index contributed by atoms with van der Waals surface area (Å²) in [5, 5.41) is 10.6. The van der Waals surface area contributed by atoms with E-state index in [0.717, 1.165) is 12.3 Å². The lowest BCUT2D eigenvalue weighted by atomic mass is 10.1. The van der Waals surface area contributed by atoms with E-state index in [4.69, 9.17) is 0 Å². The van der Waals surface area contributed by atoms with Crippen LogP contribution in [-0.2, 0) is 4.79 Å². The van der Waals surface area contributed by atoms with Gasteiger partial charge in [-0.05, 0) is 12.5 Å². The van der Waals surface area contributed by atoms with Gasteiger partial charge >= 0.3 is 0 Å². The van der Waals surface area contributed by atoms with Crippen molar-refractivity contribution in [2.24, 2.45) is 0 Å². The van der Waals surface area contributed by atoms with Crippen LogP contribution in [0.3, 0.4) is 0 Å². The molecule has 1 aromatic carbocycles. The van der Waals surface area contributed by atoms with Crippen molar-refractivity contribution in [2.75, 3.05) is 12.3 Å². The van der Waals surface area contributed by atoms with E-state index in [1.54, 1.807) is 17.0 Å². The van der Waals surface area contributed by atoms with Crippen LogP contribution < -0.4 is 0 Å². The highest BCUT2D eigenvalue weighted by atomic mass is 32.2. The van der Waals surface area contributed by atoms with Crippen molar-refractivity contribution in [3.63, 3.8) is 0 Å². The Morgan fingerprint density at radius 2 is 2.06 bits per heavy atom. The van der Waals surface area contributed by atoms with Gasteiger partial charge in [-0.1, -0.05) is 37.3 Å². The molecule has 1 amide bonds. The molecule has 1 fully saturated rings. The Morgan fingerprint density at radius 3 is 2.72 bits per heavy atom. The number of nitrogens with zero attached hydrogens (tertiary/aromatic N) is 1. The van der Waals surface area contributed by atoms with Crippen molar-refractivity contribution in [2.45, 2.75) is 31.2 Å². The van der Waals surface area contributed by atoms with Crippen LogP contribution in [-0.4, -0.2) is 39.5 Å². The second-order valence-corrected chi connectivity index (χ2v) is 6.15. The maximum Gasteiger partial charge on any atom is 0.256 e. The number of amides is 1. The fourth-order valence-corrected chi connectivity index (χ4v) is 3.28. The zero-order valence-corrected chi connectivity index (χ0v) is 11.6. The number of hydrogen-bond acceptors (Lipinski definition) is 3. The average Bonchev–Trinajstić information content (AvgIpc) is 2.41. The number of hydrogen-bond donors (Lipinski definition) is 1. The molecule has 3 nitrogen and oxygen atoms in total. The number of aliphatic hydroxyl groups is 1. The molecule has 1 N–H and O–H groups in total. The Labute approximate surface area is 112 Å². The van der Waals surface area contributed by atoms with Gasteiger partial charge in [0.05, 0.1) is 0 Å². The van der Waals surface area contributed by atoms with E-state index in [1.807, 2.05) is 36.9 Å². The van der Waals surface area contributed by atoms with Gasteiger partial charge in [0.1, 0.15) is 0 Å². The Kier molecular flexibility index (Phi) is 4.30. The second kappa shape index (κ2) is 5.76. The lowest BCUT2D eigenvalue weighted by Gasteiger charge is -2.38. The van der Waals surface area contributed by atoms with Crippen molar-refractivity contribution < 1.29 is 9.90 Å². The minimum absolute atomic E-state index is 0.176. The molecule has 2 rings (SSSR count). The maximum absolute atomic E-state index is 12.3. The molecule has 1 aromatic rings. The summed E-state index contributed by atoms with van der Waals surface area (Å²) in [5.74, 6) is 0.763. The molecule has 1 heterocycles. The number of carbonyl (C=O) groups excluding carboxylic acids is 1. The Balaban J connectivity index is 2.11. The molecule has 1 aliphatic heterocycles. The minimum Gasteiger partial charge on any atom is -0.378 e. The standard InChI is InChI=1S/C14H19NO2S/c1-10-11(2)18-9-8-15(10)14(17)13(16)12-6-4-3-5-7-12/h3-7,10-11,13,16H,8-9H2,1-2H3. The molecular weight excluding hydrogens is 246 g/mol. The van der Waals surface area contributed by atoms with Crippen LogP contribution in [0.1, 0.15) is 25.5 Å². The summed E-state index contributed by atoms with van der Waals surface area (Å²) in [5.41, 5.74) is 0.667. The van der Waals surface area contributed by atoms with E-state index >= 15 is 0 Å². The molecule has 0 saturated carbocycles. The maximum atomic E-state index is 12.3. The van der Waals surface area contributed by atoms with Crippen LogP contribution in [0.4, 0.5) is 0 Å². The predicted octanol–water partition coefficient (Wildman–Crippen LogP) is 2.07. The minimum atomic E-state index is -1.04. The molecule has 0 radical (unpaired) electrons. The summed E-state index contributed by atoms with van der Waals surface area (Å²) in [7, 11) is 0. The van der Waals surface area contributed by atoms with Crippen molar-refractivity contribution in [1.29, 1.82) is 0 Å². The summed E-state index contributed by atoms with van der Waals surface area (Å²) >= 11 is 1.88. The average molecular weight is 265 g/mol. The number of rotatable bonds is 2. The van der Waals surface area contributed by atoms with Gasteiger partial charge in [0.15, 0.2) is 6.10 Å². The van der Waals surface area contributed by atoms with Gasteiger partial charge in [-0.15, -0.1) is 0 Å². The van der Waals surface area contributed by atoms with Crippen LogP contribution in [0.2, 0.25) is 0 Å². The summed E-state index contributed by atoms with van der Waals surface area (Å²) in [6.07, 6.45) is -1.04. The van der Waals surface area contributed by atoms with Crippen LogP contribution in [0.25, 0.3) is 0 Å². The van der Waals surface area contributed by atoms with Crippen molar-refractivity contribution in [3.05, 3.63) is 35.9 Å². The highest BCUT2D eigenvalue weighted by Gasteiger charge is 2.32. The highest BCUT2D eigenvalue weighted by Crippen LogP contribution is 2.27. The summed E-state index contributed by atoms with van der Waals surface area (Å²) in [4.78, 5) is 14.1. The van der Waals surface area contributed by atoms with Crippen molar-refractivity contribution in [1.82, 2.24) is 4.90 Å². The molecule has 3 atom stereocenters. The molecular formula is C14H19NO2S. The molecule has 18 heavy (non-hydrogen) atoms. The molecule has 0 aliphatic carbocycles. The van der Waals surface area contributed by atoms with Gasteiger partial charge in [0.25, 0.3) is 5.91 Å². The van der Waals surface area contributed by atoms with Crippen LogP contribution in [0.5, 0.6) is 0 Å². The molecule has 0 bridgehead atoms. The number of thioether (sulfide) groups is 1. The molecule has 98 valence electrons.